The molecule has 1 aliphatic rings. The van der Waals surface area contributed by atoms with Crippen molar-refractivity contribution in [1.29, 1.82) is 0 Å². The smallest absolute Gasteiger partial charge is 0.416 e. The van der Waals surface area contributed by atoms with Crippen LogP contribution in [0, 0.1) is 11.8 Å². The van der Waals surface area contributed by atoms with Crippen molar-refractivity contribution in [3.63, 3.8) is 0 Å². The number of hydrogen-bond donors (Lipinski definition) is 3. The Morgan fingerprint density at radius 1 is 1.20 bits per heavy atom. The van der Waals surface area contributed by atoms with Crippen molar-refractivity contribution in [3.05, 3.63) is 54.1 Å². The number of esters is 1. The summed E-state index contributed by atoms with van der Waals surface area (Å²) in [5, 5.41) is 30.8. The third kappa shape index (κ3) is 10.0. The predicted molar refractivity (Wildman–Crippen MR) is 125 cm³/mol. The Kier molecular flexibility index (Phi) is 11.3. The molecule has 9 heteroatoms. The quantitative estimate of drug-likeness (QED) is 0.223. The lowest BCUT2D eigenvalue weighted by Crippen LogP contribution is -2.21. The third-order valence-electron chi connectivity index (χ3n) is 5.75. The number of aliphatic hydroxyl groups is 3. The van der Waals surface area contributed by atoms with E-state index in [1.165, 1.54) is 18.2 Å². The molecule has 35 heavy (non-hydrogen) atoms. The highest BCUT2D eigenvalue weighted by Gasteiger charge is 2.39. The summed E-state index contributed by atoms with van der Waals surface area (Å²) in [6, 6.07) is 4.40. The lowest BCUT2D eigenvalue weighted by Gasteiger charge is -2.19. The van der Waals surface area contributed by atoms with Gasteiger partial charge in [-0.15, -0.1) is 0 Å². The molecule has 1 fully saturated rings. The van der Waals surface area contributed by atoms with Crippen LogP contribution in [-0.4, -0.2) is 52.3 Å². The van der Waals surface area contributed by atoms with Crippen molar-refractivity contribution >= 4 is 5.97 Å². The van der Waals surface area contributed by atoms with Gasteiger partial charge in [-0.05, 0) is 57.2 Å². The lowest BCUT2D eigenvalue weighted by atomic mass is 9.89. The van der Waals surface area contributed by atoms with Crippen LogP contribution in [0.5, 0.6) is 5.75 Å². The maximum Gasteiger partial charge on any atom is 0.416 e. The molecule has 0 aromatic heterocycles. The summed E-state index contributed by atoms with van der Waals surface area (Å²) in [6.07, 6.45) is 2.09. The van der Waals surface area contributed by atoms with Crippen molar-refractivity contribution in [1.82, 2.24) is 0 Å². The van der Waals surface area contributed by atoms with Crippen LogP contribution < -0.4 is 4.74 Å². The Bertz CT molecular complexity index is 852. The maximum atomic E-state index is 12.8. The second kappa shape index (κ2) is 13.7. The monoisotopic (exact) mass is 500 g/mol. The zero-order chi connectivity index (χ0) is 26.0. The third-order valence-corrected chi connectivity index (χ3v) is 5.75. The molecule has 1 saturated carbocycles. The van der Waals surface area contributed by atoms with Gasteiger partial charge in [0.15, 0.2) is 0 Å². The maximum absolute atomic E-state index is 12.8. The summed E-state index contributed by atoms with van der Waals surface area (Å²) in [7, 11) is 0. The van der Waals surface area contributed by atoms with Crippen molar-refractivity contribution in [2.45, 2.75) is 76.5 Å². The molecule has 2 rings (SSSR count). The average Bonchev–Trinajstić information content (AvgIpc) is 3.04. The van der Waals surface area contributed by atoms with Gasteiger partial charge in [0.2, 0.25) is 0 Å². The SMILES string of the molecule is CC(C)OC(=O)CCC/C=C/CC1C(O)CC(O)C1/C=C\C(O)COc1cccc(C(F)(F)F)c1. The topological polar surface area (TPSA) is 96.2 Å². The van der Waals surface area contributed by atoms with Gasteiger partial charge in [-0.1, -0.05) is 30.4 Å². The molecule has 0 saturated heterocycles. The van der Waals surface area contributed by atoms with E-state index in [1.807, 2.05) is 12.2 Å². The van der Waals surface area contributed by atoms with Crippen molar-refractivity contribution in [3.8, 4) is 5.75 Å². The van der Waals surface area contributed by atoms with Crippen molar-refractivity contribution in [2.24, 2.45) is 11.8 Å². The van der Waals surface area contributed by atoms with E-state index in [2.05, 4.69) is 0 Å². The first-order valence-electron chi connectivity index (χ1n) is 11.8. The minimum Gasteiger partial charge on any atom is -0.491 e. The molecule has 0 spiro atoms. The average molecular weight is 501 g/mol. The fraction of sp³-hybridized carbons (Fsp3) is 0.577. The van der Waals surface area contributed by atoms with Crippen LogP contribution in [0.4, 0.5) is 13.2 Å². The van der Waals surface area contributed by atoms with Gasteiger partial charge in [0.05, 0.1) is 23.9 Å². The molecule has 5 atom stereocenters. The number of halogens is 3. The number of rotatable bonds is 12. The van der Waals surface area contributed by atoms with Crippen LogP contribution in [-0.2, 0) is 15.7 Å². The van der Waals surface area contributed by atoms with Gasteiger partial charge in [-0.2, -0.15) is 13.2 Å². The number of allylic oxidation sites excluding steroid dienone is 2. The second-order valence-electron chi connectivity index (χ2n) is 9.04. The predicted octanol–water partition coefficient (Wildman–Crippen LogP) is 4.43. The van der Waals surface area contributed by atoms with Crippen LogP contribution in [0.25, 0.3) is 0 Å². The number of alkyl halides is 3. The molecule has 196 valence electrons. The first kappa shape index (κ1) is 28.9. The molecule has 0 aliphatic heterocycles. The van der Waals surface area contributed by atoms with Crippen LogP contribution in [0.15, 0.2) is 48.6 Å². The number of unbranched alkanes of at least 4 members (excludes halogenated alkanes) is 1. The number of hydrogen-bond acceptors (Lipinski definition) is 6. The minimum absolute atomic E-state index is 0.0101. The van der Waals surface area contributed by atoms with Crippen LogP contribution in [0.2, 0.25) is 0 Å². The van der Waals surface area contributed by atoms with E-state index < -0.39 is 30.1 Å². The Balaban J connectivity index is 1.82. The van der Waals surface area contributed by atoms with Gasteiger partial charge in [0.25, 0.3) is 0 Å². The fourth-order valence-corrected chi connectivity index (χ4v) is 4.02. The van der Waals surface area contributed by atoms with Gasteiger partial charge in [0, 0.05) is 18.8 Å². The van der Waals surface area contributed by atoms with E-state index >= 15 is 0 Å². The van der Waals surface area contributed by atoms with Gasteiger partial charge in [0.1, 0.15) is 18.5 Å². The highest BCUT2D eigenvalue weighted by Crippen LogP contribution is 2.36. The van der Waals surface area contributed by atoms with E-state index in [0.29, 0.717) is 25.7 Å². The molecular formula is C26H35F3O6. The van der Waals surface area contributed by atoms with Crippen molar-refractivity contribution < 1.29 is 42.8 Å². The Labute approximate surface area is 204 Å². The number of carbonyl (C=O) groups is 1. The molecule has 0 radical (unpaired) electrons. The van der Waals surface area contributed by atoms with Crippen LogP contribution in [0.1, 0.15) is 51.5 Å². The Morgan fingerprint density at radius 2 is 1.94 bits per heavy atom. The second-order valence-corrected chi connectivity index (χ2v) is 9.04. The van der Waals surface area contributed by atoms with E-state index in [0.717, 1.165) is 12.1 Å². The van der Waals surface area contributed by atoms with E-state index in [1.54, 1.807) is 19.9 Å². The molecule has 0 bridgehead atoms. The number of benzene rings is 1. The number of ether oxygens (including phenoxy) is 2. The van der Waals surface area contributed by atoms with E-state index in [9.17, 15) is 33.3 Å². The zero-order valence-corrected chi connectivity index (χ0v) is 20.0. The first-order valence-corrected chi connectivity index (χ1v) is 11.8. The van der Waals surface area contributed by atoms with Gasteiger partial charge in [-0.3, -0.25) is 4.79 Å². The fourth-order valence-electron chi connectivity index (χ4n) is 4.02. The minimum atomic E-state index is -4.49. The molecule has 1 aromatic carbocycles. The number of aliphatic hydroxyl groups excluding tert-OH is 3. The molecule has 0 amide bonds. The summed E-state index contributed by atoms with van der Waals surface area (Å²) < 4.78 is 48.8. The lowest BCUT2D eigenvalue weighted by molar-refractivity contribution is -0.147. The van der Waals surface area contributed by atoms with E-state index in [-0.39, 0.29) is 42.7 Å². The van der Waals surface area contributed by atoms with Crippen LogP contribution >= 0.6 is 0 Å². The highest BCUT2D eigenvalue weighted by molar-refractivity contribution is 5.69. The van der Waals surface area contributed by atoms with E-state index in [4.69, 9.17) is 9.47 Å². The summed E-state index contributed by atoms with van der Waals surface area (Å²) in [4.78, 5) is 11.5. The molecular weight excluding hydrogens is 465 g/mol. The Morgan fingerprint density at radius 3 is 2.63 bits per heavy atom. The summed E-state index contributed by atoms with van der Waals surface area (Å²) in [6.45, 7) is 3.34. The molecule has 5 unspecified atom stereocenters. The summed E-state index contributed by atoms with van der Waals surface area (Å²) in [5.74, 6) is -0.883. The van der Waals surface area contributed by atoms with Gasteiger partial charge >= 0.3 is 12.1 Å². The largest absolute Gasteiger partial charge is 0.491 e. The molecule has 1 aliphatic carbocycles. The van der Waals surface area contributed by atoms with Crippen LogP contribution in [0.3, 0.4) is 0 Å². The van der Waals surface area contributed by atoms with Crippen molar-refractivity contribution in [2.75, 3.05) is 6.61 Å². The number of carbonyl (C=O) groups excluding carboxylic acids is 1. The molecule has 6 nitrogen and oxygen atoms in total. The molecule has 0 heterocycles. The summed E-state index contributed by atoms with van der Waals surface area (Å²) >= 11 is 0. The molecule has 1 aromatic rings. The summed E-state index contributed by atoms with van der Waals surface area (Å²) in [5.41, 5.74) is -0.838. The highest BCUT2D eigenvalue weighted by atomic mass is 19.4. The normalized spacial score (nSPS) is 23.9. The molecule has 3 N–H and O–H groups in total. The zero-order valence-electron chi connectivity index (χ0n) is 20.0. The standard InChI is InChI=1S/C26H35F3O6/c1-17(2)35-25(33)11-6-4-3-5-10-21-22(24(32)15-23(21)31)13-12-19(30)16-34-20-9-7-8-18(14-20)26(27,28)29/h3,5,7-9,12-14,17,19,21-24,30-32H,4,6,10-11,15-16H2,1-2H3/b5-3+,13-12-. The first-order chi connectivity index (χ1) is 16.5. The Hall–Kier alpha value is -2.36. The van der Waals surface area contributed by atoms with Gasteiger partial charge in [-0.25, -0.2) is 0 Å². The van der Waals surface area contributed by atoms with Gasteiger partial charge < -0.3 is 24.8 Å².